The van der Waals surface area contributed by atoms with Crippen LogP contribution >= 0.6 is 0 Å². The number of furan rings is 1. The van der Waals surface area contributed by atoms with E-state index in [1.165, 1.54) is 0 Å². The maximum atomic E-state index is 11.7. The average molecular weight is 245 g/mol. The van der Waals surface area contributed by atoms with E-state index in [0.717, 1.165) is 11.4 Å². The zero-order chi connectivity index (χ0) is 12.8. The molecule has 2 rings (SSSR count). The molecule has 1 amide bonds. The van der Waals surface area contributed by atoms with Crippen LogP contribution in [0.15, 0.2) is 53.1 Å². The monoisotopic (exact) mass is 245 g/mol. The molecular weight excluding hydrogens is 228 g/mol. The van der Waals surface area contributed by atoms with Gasteiger partial charge in [0.05, 0.1) is 6.26 Å². The number of nitrogens with two attached hydrogens (primary N) is 1. The Morgan fingerprint density at radius 3 is 2.72 bits per heavy atom. The van der Waals surface area contributed by atoms with Crippen LogP contribution in [0.25, 0.3) is 0 Å². The van der Waals surface area contributed by atoms with Gasteiger partial charge < -0.3 is 15.1 Å². The molecule has 0 saturated carbocycles. The second-order valence-corrected chi connectivity index (χ2v) is 4.16. The molecule has 3 N–H and O–H groups in total. The van der Waals surface area contributed by atoms with Crippen molar-refractivity contribution in [3.8, 4) is 0 Å². The van der Waals surface area contributed by atoms with Gasteiger partial charge in [0.2, 0.25) is 0 Å². The largest absolute Gasteiger partial charge is 0.463 e. The number of carbonyl (C=O) groups excluding carboxylic acids is 1. The number of hydrogen-bond acceptors (Lipinski definition) is 2. The minimum absolute atomic E-state index is 0.0143. The molecule has 0 radical (unpaired) electrons. The van der Waals surface area contributed by atoms with E-state index >= 15 is 0 Å². The topological polar surface area (TPSA) is 58.9 Å². The van der Waals surface area contributed by atoms with Crippen molar-refractivity contribution in [1.29, 1.82) is 0 Å². The minimum atomic E-state index is -0.0143. The van der Waals surface area contributed by atoms with Crippen molar-refractivity contribution in [2.24, 2.45) is 0 Å². The Bertz CT molecular complexity index is 480. The van der Waals surface area contributed by atoms with Gasteiger partial charge in [-0.05, 0) is 31.2 Å². The first kappa shape index (κ1) is 12.4. The molecular formula is C14H17N2O2+. The lowest BCUT2D eigenvalue weighted by atomic mass is 10.2. The van der Waals surface area contributed by atoms with Gasteiger partial charge in [-0.2, -0.15) is 0 Å². The van der Waals surface area contributed by atoms with Gasteiger partial charge in [0.1, 0.15) is 6.04 Å². The Hall–Kier alpha value is -2.07. The van der Waals surface area contributed by atoms with Gasteiger partial charge >= 0.3 is 0 Å². The normalized spacial score (nSPS) is 12.1. The van der Waals surface area contributed by atoms with Gasteiger partial charge in [0, 0.05) is 5.69 Å². The number of para-hydroxylation sites is 1. The summed E-state index contributed by atoms with van der Waals surface area (Å²) in [6.07, 6.45) is 1.64. The zero-order valence-corrected chi connectivity index (χ0v) is 10.3. The number of quaternary nitrogens is 1. The summed E-state index contributed by atoms with van der Waals surface area (Å²) in [5.41, 5.74) is 0.821. The molecule has 94 valence electrons. The Balaban J connectivity index is 1.79. The molecule has 0 saturated heterocycles. The first-order chi connectivity index (χ1) is 8.75. The molecule has 4 nitrogen and oxygen atoms in total. The van der Waals surface area contributed by atoms with Crippen molar-refractivity contribution < 1.29 is 14.5 Å². The summed E-state index contributed by atoms with van der Waals surface area (Å²) < 4.78 is 5.28. The van der Waals surface area contributed by atoms with E-state index in [-0.39, 0.29) is 11.9 Å². The molecule has 0 aliphatic rings. The van der Waals surface area contributed by atoms with Crippen molar-refractivity contribution in [2.45, 2.75) is 13.0 Å². The molecule has 4 heteroatoms. The molecule has 2 aromatic rings. The third-order valence-electron chi connectivity index (χ3n) is 2.71. The third-order valence-corrected chi connectivity index (χ3v) is 2.71. The van der Waals surface area contributed by atoms with E-state index in [9.17, 15) is 4.79 Å². The lowest BCUT2D eigenvalue weighted by Gasteiger charge is -2.08. The summed E-state index contributed by atoms with van der Waals surface area (Å²) in [5, 5.41) is 4.78. The van der Waals surface area contributed by atoms with Crippen LogP contribution in [-0.4, -0.2) is 12.5 Å². The summed E-state index contributed by atoms with van der Waals surface area (Å²) in [5.74, 6) is 0.863. The number of carbonyl (C=O) groups is 1. The molecule has 1 aromatic heterocycles. The highest BCUT2D eigenvalue weighted by Gasteiger charge is 2.13. The number of amides is 1. The van der Waals surface area contributed by atoms with E-state index in [1.54, 1.807) is 6.26 Å². The first-order valence-corrected chi connectivity index (χ1v) is 5.97. The van der Waals surface area contributed by atoms with Crippen molar-refractivity contribution in [1.82, 2.24) is 0 Å². The predicted octanol–water partition coefficient (Wildman–Crippen LogP) is 1.54. The van der Waals surface area contributed by atoms with Gasteiger partial charge in [-0.3, -0.25) is 4.79 Å². The number of nitrogens with one attached hydrogen (secondary N) is 1. The molecule has 1 heterocycles. The van der Waals surface area contributed by atoms with Gasteiger partial charge in [0.15, 0.2) is 12.3 Å². The maximum Gasteiger partial charge on any atom is 0.279 e. The SMILES string of the molecule is C[C@H]([NH2+]CC(=O)Nc1ccccc1)c1ccco1. The van der Waals surface area contributed by atoms with E-state index in [0.29, 0.717) is 6.54 Å². The van der Waals surface area contributed by atoms with Crippen LogP contribution in [0.3, 0.4) is 0 Å². The Morgan fingerprint density at radius 1 is 1.28 bits per heavy atom. The van der Waals surface area contributed by atoms with E-state index < -0.39 is 0 Å². The number of benzene rings is 1. The fourth-order valence-corrected chi connectivity index (χ4v) is 1.68. The smallest absolute Gasteiger partial charge is 0.279 e. The van der Waals surface area contributed by atoms with E-state index in [4.69, 9.17) is 4.42 Å². The molecule has 1 atom stereocenters. The summed E-state index contributed by atoms with van der Waals surface area (Å²) in [6, 6.07) is 13.3. The lowest BCUT2D eigenvalue weighted by molar-refractivity contribution is -0.684. The molecule has 1 aromatic carbocycles. The third kappa shape index (κ3) is 3.46. The quantitative estimate of drug-likeness (QED) is 0.839. The van der Waals surface area contributed by atoms with Gasteiger partial charge in [-0.25, -0.2) is 0 Å². The number of anilines is 1. The Morgan fingerprint density at radius 2 is 2.06 bits per heavy atom. The highest BCUT2D eigenvalue weighted by molar-refractivity contribution is 5.91. The molecule has 0 bridgehead atoms. The van der Waals surface area contributed by atoms with Crippen LogP contribution < -0.4 is 10.6 Å². The fraction of sp³-hybridized carbons (Fsp3) is 0.214. The highest BCUT2D eigenvalue weighted by Crippen LogP contribution is 2.07. The van der Waals surface area contributed by atoms with Crippen LogP contribution in [0.5, 0.6) is 0 Å². The van der Waals surface area contributed by atoms with Crippen molar-refractivity contribution in [3.63, 3.8) is 0 Å². The van der Waals surface area contributed by atoms with Crippen LogP contribution in [-0.2, 0) is 4.79 Å². The summed E-state index contributed by atoms with van der Waals surface area (Å²) in [6.45, 7) is 2.38. The van der Waals surface area contributed by atoms with Crippen LogP contribution in [0.1, 0.15) is 18.7 Å². The van der Waals surface area contributed by atoms with Crippen molar-refractivity contribution in [3.05, 3.63) is 54.5 Å². The second-order valence-electron chi connectivity index (χ2n) is 4.16. The minimum Gasteiger partial charge on any atom is -0.463 e. The molecule has 0 unspecified atom stereocenters. The molecule has 0 aliphatic heterocycles. The van der Waals surface area contributed by atoms with Gasteiger partial charge in [-0.15, -0.1) is 0 Å². The molecule has 18 heavy (non-hydrogen) atoms. The standard InChI is InChI=1S/C14H16N2O2/c1-11(13-8-5-9-18-13)15-10-14(17)16-12-6-3-2-4-7-12/h2-9,11,15H,10H2,1H3,(H,16,17)/p+1/t11-/m0/s1. The van der Waals surface area contributed by atoms with Gasteiger partial charge in [0.25, 0.3) is 5.91 Å². The second kappa shape index (κ2) is 6.02. The average Bonchev–Trinajstić information content (AvgIpc) is 2.91. The zero-order valence-electron chi connectivity index (χ0n) is 10.3. The van der Waals surface area contributed by atoms with E-state index in [1.807, 2.05) is 54.7 Å². The Kier molecular flexibility index (Phi) is 4.15. The number of hydrogen-bond donors (Lipinski definition) is 2. The predicted molar refractivity (Wildman–Crippen MR) is 69.0 cm³/mol. The van der Waals surface area contributed by atoms with Crippen LogP contribution in [0.4, 0.5) is 5.69 Å². The number of rotatable bonds is 5. The van der Waals surface area contributed by atoms with Crippen molar-refractivity contribution in [2.75, 3.05) is 11.9 Å². The summed E-state index contributed by atoms with van der Waals surface area (Å²) >= 11 is 0. The van der Waals surface area contributed by atoms with E-state index in [2.05, 4.69) is 5.32 Å². The first-order valence-electron chi connectivity index (χ1n) is 5.97. The van der Waals surface area contributed by atoms with Gasteiger partial charge in [-0.1, -0.05) is 18.2 Å². The molecule has 0 fully saturated rings. The van der Waals surface area contributed by atoms with Crippen LogP contribution in [0.2, 0.25) is 0 Å². The molecule has 0 aliphatic carbocycles. The molecule has 0 spiro atoms. The summed E-state index contributed by atoms with van der Waals surface area (Å²) in [4.78, 5) is 11.7. The Labute approximate surface area is 106 Å². The lowest BCUT2D eigenvalue weighted by Crippen LogP contribution is -2.86. The van der Waals surface area contributed by atoms with Crippen LogP contribution in [0, 0.1) is 0 Å². The maximum absolute atomic E-state index is 11.7. The highest BCUT2D eigenvalue weighted by atomic mass is 16.3. The van der Waals surface area contributed by atoms with Crippen molar-refractivity contribution >= 4 is 11.6 Å². The fourth-order valence-electron chi connectivity index (χ4n) is 1.68. The summed E-state index contributed by atoms with van der Waals surface area (Å²) in [7, 11) is 0.